The molecule has 26 heavy (non-hydrogen) atoms. The molecule has 6 heteroatoms. The first-order valence-electron chi connectivity index (χ1n) is 8.49. The highest BCUT2D eigenvalue weighted by Crippen LogP contribution is 2.44. The third-order valence-electron chi connectivity index (χ3n) is 4.77. The summed E-state index contributed by atoms with van der Waals surface area (Å²) in [7, 11) is 0. The van der Waals surface area contributed by atoms with Crippen molar-refractivity contribution in [3.8, 4) is 11.1 Å². The Balaban J connectivity index is 1.44. The average molecular weight is 351 g/mol. The van der Waals surface area contributed by atoms with Gasteiger partial charge in [0.25, 0.3) is 0 Å². The molecule has 1 aliphatic heterocycles. The number of esters is 2. The number of hydrogen-bond acceptors (Lipinski definition) is 5. The molecule has 6 nitrogen and oxygen atoms in total. The van der Waals surface area contributed by atoms with E-state index in [1.54, 1.807) is 0 Å². The lowest BCUT2D eigenvalue weighted by atomic mass is 9.98. The molecule has 1 unspecified atom stereocenters. The van der Waals surface area contributed by atoms with Crippen molar-refractivity contribution in [3.05, 3.63) is 59.7 Å². The van der Waals surface area contributed by atoms with Crippen LogP contribution in [0, 0.1) is 0 Å². The van der Waals surface area contributed by atoms with E-state index in [1.165, 1.54) is 0 Å². The number of ether oxygens (including phenoxy) is 2. The highest BCUT2D eigenvalue weighted by molar-refractivity contribution is 5.93. The summed E-state index contributed by atoms with van der Waals surface area (Å²) in [6.07, 6.45) is -0.370. The first kappa shape index (κ1) is 16.3. The topological polar surface area (TPSA) is 81.7 Å². The molecule has 0 radical (unpaired) electrons. The maximum Gasteiger partial charge on any atom is 0.407 e. The average Bonchev–Trinajstić information content (AvgIpc) is 2.96. The Morgan fingerprint density at radius 3 is 2.27 bits per heavy atom. The molecule has 1 N–H and O–H groups in total. The van der Waals surface area contributed by atoms with Crippen molar-refractivity contribution in [3.63, 3.8) is 0 Å². The van der Waals surface area contributed by atoms with Crippen LogP contribution in [0.1, 0.15) is 29.9 Å². The molecule has 2 aromatic rings. The third kappa shape index (κ3) is 2.94. The molecule has 1 atom stereocenters. The Bertz CT molecular complexity index is 846. The van der Waals surface area contributed by atoms with Crippen LogP contribution in [0.4, 0.5) is 4.79 Å². The Labute approximate surface area is 150 Å². The summed E-state index contributed by atoms with van der Waals surface area (Å²) in [5.74, 6) is -1.36. The summed E-state index contributed by atoms with van der Waals surface area (Å²) in [5, 5.41) is 2.47. The molecule has 2 aromatic carbocycles. The highest BCUT2D eigenvalue weighted by Gasteiger charge is 2.32. The summed E-state index contributed by atoms with van der Waals surface area (Å²) in [6.45, 7) is 0.167. The second-order valence-corrected chi connectivity index (χ2v) is 6.35. The van der Waals surface area contributed by atoms with Gasteiger partial charge in [-0.15, -0.1) is 0 Å². The van der Waals surface area contributed by atoms with E-state index in [9.17, 15) is 14.4 Å². The maximum absolute atomic E-state index is 12.1. The minimum Gasteiger partial charge on any atom is -0.449 e. The fourth-order valence-corrected chi connectivity index (χ4v) is 3.53. The number of fused-ring (bicyclic) bond motifs is 3. The number of hydrogen-bond donors (Lipinski definition) is 1. The van der Waals surface area contributed by atoms with Gasteiger partial charge in [-0.1, -0.05) is 48.5 Å². The molecule has 1 aliphatic carbocycles. The molecule has 0 bridgehead atoms. The predicted molar refractivity (Wildman–Crippen MR) is 92.3 cm³/mol. The zero-order chi connectivity index (χ0) is 18.1. The van der Waals surface area contributed by atoms with Gasteiger partial charge >= 0.3 is 18.0 Å². The molecule has 0 saturated carbocycles. The van der Waals surface area contributed by atoms with Crippen LogP contribution in [0.3, 0.4) is 0 Å². The summed E-state index contributed by atoms with van der Waals surface area (Å²) >= 11 is 0. The van der Waals surface area contributed by atoms with Crippen LogP contribution < -0.4 is 5.32 Å². The Kier molecular flexibility index (Phi) is 4.16. The molecule has 132 valence electrons. The van der Waals surface area contributed by atoms with Crippen LogP contribution >= 0.6 is 0 Å². The van der Waals surface area contributed by atoms with Crippen molar-refractivity contribution in [2.45, 2.75) is 24.8 Å². The molecular formula is C20H17NO5. The van der Waals surface area contributed by atoms with Crippen LogP contribution in [0.2, 0.25) is 0 Å². The minimum atomic E-state index is -0.844. The SMILES string of the molecule is O=C1CCC(NC(=O)OCC2c3ccccc3-c3ccccc32)C(=O)O1. The van der Waals surface area contributed by atoms with Crippen molar-refractivity contribution in [2.24, 2.45) is 0 Å². The lowest BCUT2D eigenvalue weighted by Crippen LogP contribution is -2.45. The largest absolute Gasteiger partial charge is 0.449 e. The van der Waals surface area contributed by atoms with E-state index < -0.39 is 24.1 Å². The monoisotopic (exact) mass is 351 g/mol. The van der Waals surface area contributed by atoms with Gasteiger partial charge in [0.2, 0.25) is 0 Å². The molecule has 2 aliphatic rings. The minimum absolute atomic E-state index is 0.0481. The van der Waals surface area contributed by atoms with E-state index in [0.29, 0.717) is 0 Å². The van der Waals surface area contributed by atoms with Crippen LogP contribution in [-0.2, 0) is 19.1 Å². The summed E-state index contributed by atoms with van der Waals surface area (Å²) in [5.41, 5.74) is 4.52. The number of cyclic esters (lactones) is 2. The lowest BCUT2D eigenvalue weighted by Gasteiger charge is -2.21. The first-order valence-corrected chi connectivity index (χ1v) is 8.49. The van der Waals surface area contributed by atoms with Crippen molar-refractivity contribution in [2.75, 3.05) is 6.61 Å². The Hall–Kier alpha value is -3.15. The van der Waals surface area contributed by atoms with Gasteiger partial charge in [-0.2, -0.15) is 0 Å². The van der Waals surface area contributed by atoms with E-state index in [-0.39, 0.29) is 25.4 Å². The van der Waals surface area contributed by atoms with E-state index in [2.05, 4.69) is 22.2 Å². The van der Waals surface area contributed by atoms with Gasteiger partial charge in [0.15, 0.2) is 0 Å². The van der Waals surface area contributed by atoms with E-state index in [1.807, 2.05) is 36.4 Å². The Morgan fingerprint density at radius 2 is 1.65 bits per heavy atom. The standard InChI is InChI=1S/C20H17NO5/c22-18-10-9-17(19(23)26-18)21-20(24)25-11-16-14-7-3-1-5-12(14)13-6-2-4-8-15(13)16/h1-8,16-17H,9-11H2,(H,21,24). The maximum atomic E-state index is 12.1. The molecule has 1 heterocycles. The highest BCUT2D eigenvalue weighted by atomic mass is 16.6. The second kappa shape index (κ2) is 6.63. The number of carbonyl (C=O) groups is 3. The van der Waals surface area contributed by atoms with Gasteiger partial charge < -0.3 is 14.8 Å². The molecule has 0 spiro atoms. The van der Waals surface area contributed by atoms with Gasteiger partial charge in [0.1, 0.15) is 12.6 Å². The van der Waals surface area contributed by atoms with E-state index in [4.69, 9.17) is 4.74 Å². The van der Waals surface area contributed by atoms with Gasteiger partial charge in [-0.3, -0.25) is 4.79 Å². The van der Waals surface area contributed by atoms with Crippen molar-refractivity contribution >= 4 is 18.0 Å². The predicted octanol–water partition coefficient (Wildman–Crippen LogP) is 2.76. The number of nitrogens with one attached hydrogen (secondary N) is 1. The fraction of sp³-hybridized carbons (Fsp3) is 0.250. The molecule has 1 saturated heterocycles. The van der Waals surface area contributed by atoms with Crippen LogP contribution in [0.15, 0.2) is 48.5 Å². The Morgan fingerprint density at radius 1 is 1.04 bits per heavy atom. The fourth-order valence-electron chi connectivity index (χ4n) is 3.53. The smallest absolute Gasteiger partial charge is 0.407 e. The number of rotatable bonds is 3. The number of benzene rings is 2. The molecular weight excluding hydrogens is 334 g/mol. The summed E-state index contributed by atoms with van der Waals surface area (Å²) in [4.78, 5) is 34.8. The van der Waals surface area contributed by atoms with E-state index >= 15 is 0 Å². The van der Waals surface area contributed by atoms with Crippen molar-refractivity contribution in [1.29, 1.82) is 0 Å². The third-order valence-corrected chi connectivity index (χ3v) is 4.77. The van der Waals surface area contributed by atoms with Gasteiger partial charge in [-0.05, 0) is 28.7 Å². The van der Waals surface area contributed by atoms with Crippen molar-refractivity contribution in [1.82, 2.24) is 5.32 Å². The molecule has 4 rings (SSSR count). The molecule has 0 aromatic heterocycles. The zero-order valence-corrected chi connectivity index (χ0v) is 13.9. The van der Waals surface area contributed by atoms with Crippen LogP contribution in [0.25, 0.3) is 11.1 Å². The van der Waals surface area contributed by atoms with Gasteiger partial charge in [-0.25, -0.2) is 9.59 Å². The van der Waals surface area contributed by atoms with Gasteiger partial charge in [0.05, 0.1) is 0 Å². The number of amides is 1. The normalized spacial score (nSPS) is 18.7. The summed E-state index contributed by atoms with van der Waals surface area (Å²) in [6, 6.07) is 15.2. The number of alkyl carbamates (subject to hydrolysis) is 1. The first-order chi connectivity index (χ1) is 12.6. The van der Waals surface area contributed by atoms with Crippen LogP contribution in [-0.4, -0.2) is 30.7 Å². The van der Waals surface area contributed by atoms with Crippen LogP contribution in [0.5, 0.6) is 0 Å². The second-order valence-electron chi connectivity index (χ2n) is 6.35. The molecule has 1 amide bonds. The summed E-state index contributed by atoms with van der Waals surface area (Å²) < 4.78 is 9.90. The van der Waals surface area contributed by atoms with Crippen molar-refractivity contribution < 1.29 is 23.9 Å². The van der Waals surface area contributed by atoms with E-state index in [0.717, 1.165) is 22.3 Å². The quantitative estimate of drug-likeness (QED) is 0.679. The zero-order valence-electron chi connectivity index (χ0n) is 13.9. The molecule has 1 fully saturated rings. The van der Waals surface area contributed by atoms with Gasteiger partial charge in [0, 0.05) is 12.3 Å². The lowest BCUT2D eigenvalue weighted by molar-refractivity contribution is -0.165. The number of carbonyl (C=O) groups excluding carboxylic acids is 3.